The molecule has 2 aromatic rings. The van der Waals surface area contributed by atoms with Gasteiger partial charge in [0.2, 0.25) is 0 Å². The van der Waals surface area contributed by atoms with E-state index >= 15 is 0 Å². The first-order valence-electron chi connectivity index (χ1n) is 6.41. The van der Waals surface area contributed by atoms with E-state index in [1.165, 1.54) is 11.1 Å². The smallest absolute Gasteiger partial charge is 0.142 e. The van der Waals surface area contributed by atoms with Crippen molar-refractivity contribution < 1.29 is 4.74 Å². The molecule has 2 nitrogen and oxygen atoms in total. The molecule has 0 spiro atoms. The molecule has 0 saturated carbocycles. The first-order valence-corrected chi connectivity index (χ1v) is 6.78. The predicted molar refractivity (Wildman–Crippen MR) is 81.1 cm³/mol. The quantitative estimate of drug-likeness (QED) is 0.857. The number of nitrogens with one attached hydrogen (secondary N) is 1. The number of hydrogen-bond donors (Lipinski definition) is 1. The molecule has 0 unspecified atom stereocenters. The van der Waals surface area contributed by atoms with Gasteiger partial charge in [-0.3, -0.25) is 0 Å². The Morgan fingerprint density at radius 3 is 2.53 bits per heavy atom. The molecule has 1 N–H and O–H groups in total. The maximum absolute atomic E-state index is 6.02. The molecule has 0 radical (unpaired) electrons. The third-order valence-corrected chi connectivity index (χ3v) is 3.08. The van der Waals surface area contributed by atoms with Crippen molar-refractivity contribution in [2.45, 2.75) is 20.4 Å². The van der Waals surface area contributed by atoms with Gasteiger partial charge in [-0.15, -0.1) is 0 Å². The van der Waals surface area contributed by atoms with E-state index in [0.717, 1.165) is 18.0 Å². The molecule has 3 heteroatoms. The lowest BCUT2D eigenvalue weighted by atomic mass is 10.1. The topological polar surface area (TPSA) is 21.3 Å². The Morgan fingerprint density at radius 1 is 1.11 bits per heavy atom. The Kier molecular flexibility index (Phi) is 4.69. The van der Waals surface area contributed by atoms with E-state index in [2.05, 4.69) is 36.5 Å². The van der Waals surface area contributed by atoms with Gasteiger partial charge in [-0.1, -0.05) is 41.4 Å². The van der Waals surface area contributed by atoms with Gasteiger partial charge in [0.1, 0.15) is 5.75 Å². The molecular formula is C16H18ClNO. The summed E-state index contributed by atoms with van der Waals surface area (Å²) in [6, 6.07) is 14.1. The zero-order valence-corrected chi connectivity index (χ0v) is 12.0. The standard InChI is InChI=1S/C16H18ClNO/c1-3-19-16-9-8-14(17)10-15(16)18-11-13-6-4-12(2)5-7-13/h4-10,18H,3,11H2,1-2H3. The summed E-state index contributed by atoms with van der Waals surface area (Å²) in [5.41, 5.74) is 3.42. The van der Waals surface area contributed by atoms with Gasteiger partial charge < -0.3 is 10.1 Å². The van der Waals surface area contributed by atoms with Crippen molar-refractivity contribution >= 4 is 17.3 Å². The normalized spacial score (nSPS) is 10.3. The van der Waals surface area contributed by atoms with E-state index in [9.17, 15) is 0 Å². The number of halogens is 1. The van der Waals surface area contributed by atoms with Gasteiger partial charge >= 0.3 is 0 Å². The van der Waals surface area contributed by atoms with E-state index in [1.54, 1.807) is 0 Å². The summed E-state index contributed by atoms with van der Waals surface area (Å²) in [5, 5.41) is 4.07. The molecule has 0 atom stereocenters. The van der Waals surface area contributed by atoms with Gasteiger partial charge in [-0.05, 0) is 37.6 Å². The van der Waals surface area contributed by atoms with Crippen LogP contribution in [0.5, 0.6) is 5.75 Å². The molecule has 0 aliphatic heterocycles. The SMILES string of the molecule is CCOc1ccc(Cl)cc1NCc1ccc(C)cc1. The van der Waals surface area contributed by atoms with Crippen LogP contribution in [0.25, 0.3) is 0 Å². The van der Waals surface area contributed by atoms with Gasteiger partial charge in [0.25, 0.3) is 0 Å². The molecule has 100 valence electrons. The van der Waals surface area contributed by atoms with Crippen molar-refractivity contribution in [3.05, 3.63) is 58.6 Å². The summed E-state index contributed by atoms with van der Waals surface area (Å²) in [7, 11) is 0. The summed E-state index contributed by atoms with van der Waals surface area (Å²) >= 11 is 6.02. The maximum atomic E-state index is 6.02. The fourth-order valence-electron chi connectivity index (χ4n) is 1.82. The lowest BCUT2D eigenvalue weighted by Crippen LogP contribution is -2.02. The summed E-state index contributed by atoms with van der Waals surface area (Å²) in [6.07, 6.45) is 0. The molecule has 0 aromatic heterocycles. The van der Waals surface area contributed by atoms with Gasteiger partial charge in [0, 0.05) is 11.6 Å². The van der Waals surface area contributed by atoms with Crippen molar-refractivity contribution in [2.75, 3.05) is 11.9 Å². The Hall–Kier alpha value is -1.67. The Balaban J connectivity index is 2.09. The summed E-state index contributed by atoms with van der Waals surface area (Å²) in [5.74, 6) is 0.832. The van der Waals surface area contributed by atoms with E-state index < -0.39 is 0 Å². The van der Waals surface area contributed by atoms with Crippen LogP contribution in [0.2, 0.25) is 5.02 Å². The van der Waals surface area contributed by atoms with Crippen molar-refractivity contribution in [1.29, 1.82) is 0 Å². The van der Waals surface area contributed by atoms with Crippen LogP contribution in [0, 0.1) is 6.92 Å². The zero-order valence-electron chi connectivity index (χ0n) is 11.2. The fraction of sp³-hybridized carbons (Fsp3) is 0.250. The molecule has 2 rings (SSSR count). The third kappa shape index (κ3) is 3.90. The van der Waals surface area contributed by atoms with E-state index in [1.807, 2.05) is 25.1 Å². The summed E-state index contributed by atoms with van der Waals surface area (Å²) in [6.45, 7) is 5.45. The van der Waals surface area contributed by atoms with Gasteiger partial charge in [0.15, 0.2) is 0 Å². The molecule has 0 aliphatic rings. The average Bonchev–Trinajstić information content (AvgIpc) is 2.41. The number of ether oxygens (including phenoxy) is 1. The lowest BCUT2D eigenvalue weighted by molar-refractivity contribution is 0.341. The molecule has 0 bridgehead atoms. The van der Waals surface area contributed by atoms with Gasteiger partial charge in [-0.2, -0.15) is 0 Å². The highest BCUT2D eigenvalue weighted by molar-refractivity contribution is 6.30. The van der Waals surface area contributed by atoms with Crippen molar-refractivity contribution in [3.8, 4) is 5.75 Å². The van der Waals surface area contributed by atoms with E-state index in [4.69, 9.17) is 16.3 Å². The van der Waals surface area contributed by atoms with Gasteiger partial charge in [0.05, 0.1) is 12.3 Å². The van der Waals surface area contributed by atoms with Crippen LogP contribution in [0.15, 0.2) is 42.5 Å². The first kappa shape index (κ1) is 13.8. The number of hydrogen-bond acceptors (Lipinski definition) is 2. The highest BCUT2D eigenvalue weighted by Gasteiger charge is 2.04. The Bertz CT molecular complexity index is 537. The molecule has 19 heavy (non-hydrogen) atoms. The minimum Gasteiger partial charge on any atom is -0.492 e. The number of rotatable bonds is 5. The van der Waals surface area contributed by atoms with Crippen LogP contribution in [-0.2, 0) is 6.54 Å². The largest absolute Gasteiger partial charge is 0.492 e. The first-order chi connectivity index (χ1) is 9.19. The number of benzene rings is 2. The number of aryl methyl sites for hydroxylation is 1. The van der Waals surface area contributed by atoms with Crippen molar-refractivity contribution in [3.63, 3.8) is 0 Å². The minimum absolute atomic E-state index is 0.640. The van der Waals surface area contributed by atoms with Crippen LogP contribution in [0.3, 0.4) is 0 Å². The second-order valence-corrected chi connectivity index (χ2v) is 4.85. The summed E-state index contributed by atoms with van der Waals surface area (Å²) < 4.78 is 5.58. The molecule has 0 aliphatic carbocycles. The van der Waals surface area contributed by atoms with E-state index in [0.29, 0.717) is 11.6 Å². The number of anilines is 1. The fourth-order valence-corrected chi connectivity index (χ4v) is 2.00. The minimum atomic E-state index is 0.640. The van der Waals surface area contributed by atoms with Crippen LogP contribution in [0.1, 0.15) is 18.1 Å². The highest BCUT2D eigenvalue weighted by atomic mass is 35.5. The Labute approximate surface area is 119 Å². The van der Waals surface area contributed by atoms with Crippen molar-refractivity contribution in [2.24, 2.45) is 0 Å². The average molecular weight is 276 g/mol. The maximum Gasteiger partial charge on any atom is 0.142 e. The third-order valence-electron chi connectivity index (χ3n) is 2.85. The lowest BCUT2D eigenvalue weighted by Gasteiger charge is -2.13. The molecule has 0 fully saturated rings. The monoisotopic (exact) mass is 275 g/mol. The molecule has 0 saturated heterocycles. The van der Waals surface area contributed by atoms with E-state index in [-0.39, 0.29) is 0 Å². The molecular weight excluding hydrogens is 258 g/mol. The second-order valence-electron chi connectivity index (χ2n) is 4.41. The molecule has 2 aromatic carbocycles. The molecule has 0 heterocycles. The van der Waals surface area contributed by atoms with Crippen LogP contribution >= 0.6 is 11.6 Å². The highest BCUT2D eigenvalue weighted by Crippen LogP contribution is 2.28. The van der Waals surface area contributed by atoms with Crippen molar-refractivity contribution in [1.82, 2.24) is 0 Å². The van der Waals surface area contributed by atoms with Crippen LogP contribution in [0.4, 0.5) is 5.69 Å². The van der Waals surface area contributed by atoms with Gasteiger partial charge in [-0.25, -0.2) is 0 Å². The zero-order chi connectivity index (χ0) is 13.7. The summed E-state index contributed by atoms with van der Waals surface area (Å²) in [4.78, 5) is 0. The van der Waals surface area contributed by atoms with Crippen LogP contribution < -0.4 is 10.1 Å². The molecule has 0 amide bonds. The Morgan fingerprint density at radius 2 is 1.84 bits per heavy atom. The predicted octanol–water partition coefficient (Wildman–Crippen LogP) is 4.66. The second kappa shape index (κ2) is 6.48. The van der Waals surface area contributed by atoms with Crippen LogP contribution in [-0.4, -0.2) is 6.61 Å².